The number of halogens is 1. The highest BCUT2D eigenvalue weighted by molar-refractivity contribution is 7.91. The Bertz CT molecular complexity index is 1070. The molecule has 0 bridgehead atoms. The van der Waals surface area contributed by atoms with E-state index in [9.17, 15) is 13.2 Å². The first kappa shape index (κ1) is 18.9. The number of hydrogen-bond donors (Lipinski definition) is 2. The fourth-order valence-corrected chi connectivity index (χ4v) is 3.71. The fraction of sp³-hybridized carbons (Fsp3) is 0.0526. The predicted molar refractivity (Wildman–Crippen MR) is 103 cm³/mol. The molecule has 2 aromatic carbocycles. The summed E-state index contributed by atoms with van der Waals surface area (Å²) in [5, 5.41) is 0.404. The lowest BCUT2D eigenvalue weighted by Gasteiger charge is -2.10. The summed E-state index contributed by atoms with van der Waals surface area (Å²) in [6.45, 7) is 1.89. The summed E-state index contributed by atoms with van der Waals surface area (Å²) >= 11 is 5.83. The number of aryl methyl sites for hydroxylation is 1. The van der Waals surface area contributed by atoms with Gasteiger partial charge in [0.15, 0.2) is 0 Å². The van der Waals surface area contributed by atoms with Gasteiger partial charge in [-0.1, -0.05) is 29.3 Å². The minimum atomic E-state index is -3.59. The zero-order valence-corrected chi connectivity index (χ0v) is 15.9. The van der Waals surface area contributed by atoms with Crippen LogP contribution < -0.4 is 10.9 Å². The molecule has 0 saturated heterocycles. The number of anilines is 1. The Labute approximate surface area is 162 Å². The van der Waals surface area contributed by atoms with Gasteiger partial charge < -0.3 is 0 Å². The van der Waals surface area contributed by atoms with Gasteiger partial charge in [0.25, 0.3) is 5.91 Å². The lowest BCUT2D eigenvalue weighted by molar-refractivity contribution is 0.0957. The van der Waals surface area contributed by atoms with Crippen molar-refractivity contribution in [3.05, 3.63) is 83.1 Å². The molecule has 0 radical (unpaired) electrons. The van der Waals surface area contributed by atoms with Crippen molar-refractivity contribution in [1.29, 1.82) is 0 Å². The van der Waals surface area contributed by atoms with Crippen molar-refractivity contribution in [2.75, 3.05) is 5.43 Å². The minimum absolute atomic E-state index is 0.161. The van der Waals surface area contributed by atoms with E-state index in [4.69, 9.17) is 11.6 Å². The smallest absolute Gasteiger partial charge is 0.288 e. The van der Waals surface area contributed by atoms with Gasteiger partial charge in [-0.3, -0.25) is 20.6 Å². The highest BCUT2D eigenvalue weighted by atomic mass is 35.5. The van der Waals surface area contributed by atoms with Crippen LogP contribution in [0.5, 0.6) is 0 Å². The number of benzene rings is 2. The normalized spacial score (nSPS) is 11.0. The second-order valence-corrected chi connectivity index (χ2v) is 8.17. The summed E-state index contributed by atoms with van der Waals surface area (Å²) in [5.41, 5.74) is 6.86. The van der Waals surface area contributed by atoms with E-state index in [-0.39, 0.29) is 15.5 Å². The average Bonchev–Trinajstić information content (AvgIpc) is 2.67. The zero-order valence-electron chi connectivity index (χ0n) is 14.3. The number of amides is 1. The van der Waals surface area contributed by atoms with Crippen molar-refractivity contribution in [2.24, 2.45) is 0 Å². The maximum atomic E-state index is 12.6. The van der Waals surface area contributed by atoms with E-state index in [1.54, 1.807) is 42.5 Å². The monoisotopic (exact) mass is 401 g/mol. The van der Waals surface area contributed by atoms with E-state index in [2.05, 4.69) is 15.8 Å². The Morgan fingerprint density at radius 2 is 1.56 bits per heavy atom. The fourth-order valence-electron chi connectivity index (χ4n) is 2.29. The van der Waals surface area contributed by atoms with Gasteiger partial charge in [0.05, 0.1) is 15.5 Å². The first-order chi connectivity index (χ1) is 12.9. The molecule has 0 aliphatic heterocycles. The van der Waals surface area contributed by atoms with Crippen molar-refractivity contribution in [3.8, 4) is 0 Å². The van der Waals surface area contributed by atoms with E-state index in [0.29, 0.717) is 10.7 Å². The number of hydrazine groups is 1. The van der Waals surface area contributed by atoms with Gasteiger partial charge in [-0.15, -0.1) is 0 Å². The van der Waals surface area contributed by atoms with Crippen LogP contribution in [0.1, 0.15) is 16.1 Å². The van der Waals surface area contributed by atoms with Crippen molar-refractivity contribution in [1.82, 2.24) is 10.4 Å². The first-order valence-electron chi connectivity index (χ1n) is 7.96. The average molecular weight is 402 g/mol. The van der Waals surface area contributed by atoms with Crippen LogP contribution in [0, 0.1) is 6.92 Å². The van der Waals surface area contributed by atoms with Crippen molar-refractivity contribution < 1.29 is 13.2 Å². The second kappa shape index (κ2) is 7.77. The van der Waals surface area contributed by atoms with Crippen LogP contribution in [0.3, 0.4) is 0 Å². The molecule has 138 valence electrons. The second-order valence-electron chi connectivity index (χ2n) is 5.78. The lowest BCUT2D eigenvalue weighted by Crippen LogP contribution is -2.30. The molecule has 1 amide bonds. The van der Waals surface area contributed by atoms with E-state index in [1.165, 1.54) is 24.4 Å². The molecular formula is C19H16ClN3O3S. The molecule has 0 aliphatic carbocycles. The molecule has 0 atom stereocenters. The Morgan fingerprint density at radius 1 is 0.963 bits per heavy atom. The van der Waals surface area contributed by atoms with Gasteiger partial charge >= 0.3 is 0 Å². The summed E-state index contributed by atoms with van der Waals surface area (Å²) in [5.74, 6) is -0.464. The van der Waals surface area contributed by atoms with Gasteiger partial charge in [0, 0.05) is 11.2 Å². The van der Waals surface area contributed by atoms with Gasteiger partial charge in [-0.2, -0.15) is 0 Å². The minimum Gasteiger partial charge on any atom is -0.298 e. The van der Waals surface area contributed by atoms with Gasteiger partial charge in [0.2, 0.25) is 9.84 Å². The van der Waals surface area contributed by atoms with Crippen molar-refractivity contribution in [2.45, 2.75) is 16.7 Å². The van der Waals surface area contributed by atoms with E-state index in [0.717, 1.165) is 5.56 Å². The van der Waals surface area contributed by atoms with E-state index < -0.39 is 15.7 Å². The quantitative estimate of drug-likeness (QED) is 0.637. The maximum Gasteiger partial charge on any atom is 0.288 e. The number of hydrogen-bond acceptors (Lipinski definition) is 5. The molecule has 1 heterocycles. The van der Waals surface area contributed by atoms with Crippen LogP contribution in [0.15, 0.2) is 76.7 Å². The number of carbonyl (C=O) groups is 1. The third-order valence-electron chi connectivity index (χ3n) is 3.77. The Hall–Kier alpha value is -2.90. The van der Waals surface area contributed by atoms with Crippen LogP contribution in [-0.2, 0) is 9.84 Å². The lowest BCUT2D eigenvalue weighted by atomic mass is 10.2. The molecular weight excluding hydrogens is 386 g/mol. The molecule has 0 fully saturated rings. The number of rotatable bonds is 5. The molecule has 8 heteroatoms. The molecule has 0 spiro atoms. The highest BCUT2D eigenvalue weighted by Crippen LogP contribution is 2.22. The summed E-state index contributed by atoms with van der Waals surface area (Å²) < 4.78 is 25.3. The SMILES string of the molecule is Cc1ccc(S(=O)(=O)c2ccc(NNC(=O)c3cc(Cl)ccn3)cc2)cc1. The molecule has 6 nitrogen and oxygen atoms in total. The molecule has 27 heavy (non-hydrogen) atoms. The molecule has 2 N–H and O–H groups in total. The Kier molecular flexibility index (Phi) is 5.43. The third kappa shape index (κ3) is 4.45. The molecule has 3 aromatic rings. The summed E-state index contributed by atoms with van der Waals surface area (Å²) in [7, 11) is -3.59. The predicted octanol–water partition coefficient (Wildman–Crippen LogP) is 3.63. The van der Waals surface area contributed by atoms with Crippen LogP contribution in [0.2, 0.25) is 5.02 Å². The molecule has 0 unspecified atom stereocenters. The highest BCUT2D eigenvalue weighted by Gasteiger charge is 2.17. The standard InChI is InChI=1S/C19H16ClN3O3S/c1-13-2-6-16(7-3-13)27(25,26)17-8-4-15(5-9-17)22-23-19(24)18-12-14(20)10-11-21-18/h2-12,22H,1H3,(H,23,24). The number of carbonyl (C=O) groups excluding carboxylic acids is 1. The molecule has 0 saturated carbocycles. The number of nitrogens with zero attached hydrogens (tertiary/aromatic N) is 1. The van der Waals surface area contributed by atoms with Crippen LogP contribution in [0.25, 0.3) is 0 Å². The van der Waals surface area contributed by atoms with Gasteiger partial charge in [-0.05, 0) is 55.5 Å². The topological polar surface area (TPSA) is 88.2 Å². The number of pyridine rings is 1. The van der Waals surface area contributed by atoms with Crippen LogP contribution in [-0.4, -0.2) is 19.3 Å². The number of nitrogens with one attached hydrogen (secondary N) is 2. The summed E-state index contributed by atoms with van der Waals surface area (Å²) in [4.78, 5) is 16.3. The van der Waals surface area contributed by atoms with Crippen molar-refractivity contribution >= 4 is 33.0 Å². The largest absolute Gasteiger partial charge is 0.298 e. The third-order valence-corrected chi connectivity index (χ3v) is 5.79. The molecule has 0 aliphatic rings. The summed E-state index contributed by atoms with van der Waals surface area (Å²) in [6, 6.07) is 15.7. The summed E-state index contributed by atoms with van der Waals surface area (Å²) in [6.07, 6.45) is 1.43. The van der Waals surface area contributed by atoms with Gasteiger partial charge in [-0.25, -0.2) is 8.42 Å². The van der Waals surface area contributed by atoms with Crippen LogP contribution >= 0.6 is 11.6 Å². The first-order valence-corrected chi connectivity index (χ1v) is 9.82. The zero-order chi connectivity index (χ0) is 19.4. The maximum absolute atomic E-state index is 12.6. The van der Waals surface area contributed by atoms with E-state index in [1.807, 2.05) is 6.92 Å². The number of aromatic nitrogens is 1. The molecule has 3 rings (SSSR count). The Morgan fingerprint density at radius 3 is 2.15 bits per heavy atom. The Balaban J connectivity index is 1.70. The van der Waals surface area contributed by atoms with Gasteiger partial charge in [0.1, 0.15) is 5.69 Å². The number of sulfone groups is 1. The van der Waals surface area contributed by atoms with Crippen molar-refractivity contribution in [3.63, 3.8) is 0 Å². The van der Waals surface area contributed by atoms with E-state index >= 15 is 0 Å². The molecule has 1 aromatic heterocycles. The van der Waals surface area contributed by atoms with Crippen LogP contribution in [0.4, 0.5) is 5.69 Å².